The highest BCUT2D eigenvalue weighted by Gasteiger charge is 2.03. The Morgan fingerprint density at radius 1 is 1.24 bits per heavy atom. The van der Waals surface area contributed by atoms with Crippen LogP contribution >= 0.6 is 11.3 Å². The Balaban J connectivity index is 1.95. The predicted octanol–water partition coefficient (Wildman–Crippen LogP) is 3.09. The summed E-state index contributed by atoms with van der Waals surface area (Å²) in [7, 11) is 3.17. The standard InChI is InChI=1S/C16H17NO3S/c1-19-14-5-3-12(9-15(14)20-2)4-6-16(18)17-10-13-7-8-21-11-13/h3-9,11H,10H2,1-2H3,(H,17,18)/b6-4+. The Morgan fingerprint density at radius 3 is 2.71 bits per heavy atom. The van der Waals surface area contributed by atoms with Crippen molar-refractivity contribution < 1.29 is 14.3 Å². The molecule has 21 heavy (non-hydrogen) atoms. The normalized spacial score (nSPS) is 10.6. The molecule has 0 spiro atoms. The van der Waals surface area contributed by atoms with Gasteiger partial charge in [-0.25, -0.2) is 0 Å². The lowest BCUT2D eigenvalue weighted by atomic mass is 10.2. The maximum atomic E-state index is 11.7. The summed E-state index contributed by atoms with van der Waals surface area (Å²) in [4.78, 5) is 11.7. The molecule has 5 heteroatoms. The lowest BCUT2D eigenvalue weighted by Crippen LogP contribution is -2.19. The second-order valence-electron chi connectivity index (χ2n) is 4.30. The van der Waals surface area contributed by atoms with Gasteiger partial charge in [-0.3, -0.25) is 4.79 Å². The average Bonchev–Trinajstić information content (AvgIpc) is 3.04. The fraction of sp³-hybridized carbons (Fsp3) is 0.188. The molecule has 0 atom stereocenters. The fourth-order valence-electron chi connectivity index (χ4n) is 1.77. The van der Waals surface area contributed by atoms with Gasteiger partial charge < -0.3 is 14.8 Å². The van der Waals surface area contributed by atoms with Crippen molar-refractivity contribution in [1.82, 2.24) is 5.32 Å². The van der Waals surface area contributed by atoms with Gasteiger partial charge in [-0.1, -0.05) is 6.07 Å². The van der Waals surface area contributed by atoms with E-state index >= 15 is 0 Å². The molecule has 1 N–H and O–H groups in total. The topological polar surface area (TPSA) is 47.6 Å². The molecule has 110 valence electrons. The molecule has 2 rings (SSSR count). The molecule has 4 nitrogen and oxygen atoms in total. The minimum atomic E-state index is -0.129. The summed E-state index contributed by atoms with van der Waals surface area (Å²) < 4.78 is 10.4. The lowest BCUT2D eigenvalue weighted by Gasteiger charge is -2.07. The number of nitrogens with one attached hydrogen (secondary N) is 1. The van der Waals surface area contributed by atoms with Gasteiger partial charge in [0, 0.05) is 12.6 Å². The smallest absolute Gasteiger partial charge is 0.244 e. The molecular formula is C16H17NO3S. The van der Waals surface area contributed by atoms with Gasteiger partial charge in [0.25, 0.3) is 0 Å². The first-order valence-electron chi connectivity index (χ1n) is 6.42. The van der Waals surface area contributed by atoms with Crippen LogP contribution in [0.2, 0.25) is 0 Å². The van der Waals surface area contributed by atoms with E-state index in [-0.39, 0.29) is 5.91 Å². The predicted molar refractivity (Wildman–Crippen MR) is 84.7 cm³/mol. The molecule has 2 aromatic rings. The van der Waals surface area contributed by atoms with Gasteiger partial charge in [0.2, 0.25) is 5.91 Å². The van der Waals surface area contributed by atoms with Crippen LogP contribution in [0.4, 0.5) is 0 Å². The second kappa shape index (κ2) is 7.50. The molecule has 0 aliphatic rings. The van der Waals surface area contributed by atoms with Crippen LogP contribution < -0.4 is 14.8 Å². The molecular weight excluding hydrogens is 286 g/mol. The zero-order valence-corrected chi connectivity index (χ0v) is 12.8. The lowest BCUT2D eigenvalue weighted by molar-refractivity contribution is -0.116. The average molecular weight is 303 g/mol. The van der Waals surface area contributed by atoms with Crippen LogP contribution in [0.5, 0.6) is 11.5 Å². The van der Waals surface area contributed by atoms with E-state index in [1.54, 1.807) is 31.6 Å². The molecule has 1 aromatic heterocycles. The Hall–Kier alpha value is -2.27. The zero-order chi connectivity index (χ0) is 15.1. The molecule has 0 saturated carbocycles. The minimum Gasteiger partial charge on any atom is -0.493 e. The van der Waals surface area contributed by atoms with Gasteiger partial charge >= 0.3 is 0 Å². The summed E-state index contributed by atoms with van der Waals surface area (Å²) in [6.45, 7) is 0.540. The maximum Gasteiger partial charge on any atom is 0.244 e. The largest absolute Gasteiger partial charge is 0.493 e. The molecule has 0 saturated heterocycles. The van der Waals surface area contributed by atoms with Crippen molar-refractivity contribution >= 4 is 23.3 Å². The van der Waals surface area contributed by atoms with Crippen LogP contribution in [-0.2, 0) is 11.3 Å². The third-order valence-electron chi connectivity index (χ3n) is 2.88. The van der Waals surface area contributed by atoms with Crippen molar-refractivity contribution in [2.75, 3.05) is 14.2 Å². The SMILES string of the molecule is COc1ccc(/C=C/C(=O)NCc2ccsc2)cc1OC. The van der Waals surface area contributed by atoms with Crippen molar-refractivity contribution in [2.24, 2.45) is 0 Å². The van der Waals surface area contributed by atoms with Gasteiger partial charge in [0.15, 0.2) is 11.5 Å². The number of carbonyl (C=O) groups excluding carboxylic acids is 1. The van der Waals surface area contributed by atoms with E-state index in [0.717, 1.165) is 11.1 Å². The highest BCUT2D eigenvalue weighted by molar-refractivity contribution is 7.07. The van der Waals surface area contributed by atoms with Crippen LogP contribution in [0.15, 0.2) is 41.1 Å². The monoisotopic (exact) mass is 303 g/mol. The van der Waals surface area contributed by atoms with Crippen molar-refractivity contribution in [2.45, 2.75) is 6.54 Å². The number of methoxy groups -OCH3 is 2. The van der Waals surface area contributed by atoms with E-state index in [1.165, 1.54) is 6.08 Å². The quantitative estimate of drug-likeness (QED) is 0.834. The van der Waals surface area contributed by atoms with Crippen LogP contribution in [-0.4, -0.2) is 20.1 Å². The first-order chi connectivity index (χ1) is 10.2. The number of rotatable bonds is 6. The molecule has 1 amide bonds. The Morgan fingerprint density at radius 2 is 2.05 bits per heavy atom. The van der Waals surface area contributed by atoms with E-state index in [9.17, 15) is 4.79 Å². The summed E-state index contributed by atoms with van der Waals surface area (Å²) >= 11 is 1.61. The number of thiophene rings is 1. The van der Waals surface area contributed by atoms with E-state index in [4.69, 9.17) is 9.47 Å². The van der Waals surface area contributed by atoms with Gasteiger partial charge in [-0.05, 0) is 46.2 Å². The Kier molecular flexibility index (Phi) is 5.40. The van der Waals surface area contributed by atoms with Gasteiger partial charge in [-0.15, -0.1) is 0 Å². The van der Waals surface area contributed by atoms with Crippen LogP contribution in [0.25, 0.3) is 6.08 Å². The van der Waals surface area contributed by atoms with E-state index < -0.39 is 0 Å². The Labute approximate surface area is 128 Å². The molecule has 0 radical (unpaired) electrons. The Bertz CT molecular complexity index is 620. The third kappa shape index (κ3) is 4.36. The van der Waals surface area contributed by atoms with Crippen molar-refractivity contribution in [3.8, 4) is 11.5 Å². The number of amides is 1. The zero-order valence-electron chi connectivity index (χ0n) is 12.0. The number of hydrogen-bond acceptors (Lipinski definition) is 4. The summed E-state index contributed by atoms with van der Waals surface area (Å²) in [5, 5.41) is 6.83. The van der Waals surface area contributed by atoms with Gasteiger partial charge in [0.05, 0.1) is 14.2 Å². The summed E-state index contributed by atoms with van der Waals surface area (Å²) in [6.07, 6.45) is 3.25. The fourth-order valence-corrected chi connectivity index (χ4v) is 2.44. The number of carbonyl (C=O) groups is 1. The number of ether oxygens (including phenoxy) is 2. The van der Waals surface area contributed by atoms with Gasteiger partial charge in [-0.2, -0.15) is 11.3 Å². The van der Waals surface area contributed by atoms with Crippen LogP contribution in [0.3, 0.4) is 0 Å². The molecule has 1 aromatic carbocycles. The van der Waals surface area contributed by atoms with Gasteiger partial charge in [0.1, 0.15) is 0 Å². The second-order valence-corrected chi connectivity index (χ2v) is 5.08. The van der Waals surface area contributed by atoms with E-state index in [0.29, 0.717) is 18.0 Å². The minimum absolute atomic E-state index is 0.129. The molecule has 0 fully saturated rings. The molecule has 0 aliphatic carbocycles. The molecule has 0 unspecified atom stereocenters. The first kappa shape index (κ1) is 15.1. The van der Waals surface area contributed by atoms with Crippen LogP contribution in [0.1, 0.15) is 11.1 Å². The molecule has 1 heterocycles. The summed E-state index contributed by atoms with van der Waals surface area (Å²) in [5.74, 6) is 1.17. The summed E-state index contributed by atoms with van der Waals surface area (Å²) in [5.41, 5.74) is 1.98. The highest BCUT2D eigenvalue weighted by atomic mass is 32.1. The number of hydrogen-bond donors (Lipinski definition) is 1. The van der Waals surface area contributed by atoms with E-state index in [2.05, 4.69) is 5.32 Å². The first-order valence-corrected chi connectivity index (χ1v) is 7.36. The molecule has 0 aliphatic heterocycles. The van der Waals surface area contributed by atoms with Crippen molar-refractivity contribution in [3.63, 3.8) is 0 Å². The van der Waals surface area contributed by atoms with Crippen molar-refractivity contribution in [3.05, 3.63) is 52.2 Å². The van der Waals surface area contributed by atoms with Crippen molar-refractivity contribution in [1.29, 1.82) is 0 Å². The van der Waals surface area contributed by atoms with E-state index in [1.807, 2.05) is 35.0 Å². The highest BCUT2D eigenvalue weighted by Crippen LogP contribution is 2.27. The maximum absolute atomic E-state index is 11.7. The summed E-state index contributed by atoms with van der Waals surface area (Å²) in [6, 6.07) is 7.48. The third-order valence-corrected chi connectivity index (χ3v) is 3.61. The molecule has 0 bridgehead atoms. The van der Waals surface area contributed by atoms with Crippen LogP contribution in [0, 0.1) is 0 Å². The number of benzene rings is 1.